The topological polar surface area (TPSA) is 60.8 Å². The highest BCUT2D eigenvalue weighted by atomic mass is 16.4. The van der Waals surface area contributed by atoms with Gasteiger partial charge in [0.1, 0.15) is 0 Å². The fourth-order valence-electron chi connectivity index (χ4n) is 2.07. The second-order valence-corrected chi connectivity index (χ2v) is 4.42. The van der Waals surface area contributed by atoms with Gasteiger partial charge in [-0.2, -0.15) is 0 Å². The van der Waals surface area contributed by atoms with Crippen LogP contribution in [0.1, 0.15) is 30.9 Å². The van der Waals surface area contributed by atoms with E-state index in [4.69, 9.17) is 10.2 Å². The van der Waals surface area contributed by atoms with Gasteiger partial charge in [0.2, 0.25) is 0 Å². The fraction of sp³-hybridized carbons (Fsp3) is 0.500. The Morgan fingerprint density at radius 2 is 2.00 bits per heavy atom. The van der Waals surface area contributed by atoms with Gasteiger partial charge in [-0.15, -0.1) is 0 Å². The van der Waals surface area contributed by atoms with Crippen LogP contribution >= 0.6 is 0 Å². The maximum atomic E-state index is 10.5. The van der Waals surface area contributed by atoms with E-state index in [2.05, 4.69) is 4.90 Å². The van der Waals surface area contributed by atoms with Gasteiger partial charge in [-0.25, -0.2) is 0 Å². The lowest BCUT2D eigenvalue weighted by Crippen LogP contribution is -2.27. The van der Waals surface area contributed by atoms with E-state index in [1.54, 1.807) is 0 Å². The summed E-state index contributed by atoms with van der Waals surface area (Å²) < 4.78 is 0. The van der Waals surface area contributed by atoms with Crippen molar-refractivity contribution in [2.75, 3.05) is 20.2 Å². The lowest BCUT2D eigenvalue weighted by Gasteiger charge is -2.28. The summed E-state index contributed by atoms with van der Waals surface area (Å²) in [4.78, 5) is 12.6. The first-order valence-electron chi connectivity index (χ1n) is 6.23. The maximum absolute atomic E-state index is 10.5. The molecule has 0 aliphatic carbocycles. The predicted molar refractivity (Wildman–Crippen MR) is 70.4 cm³/mol. The Hall–Kier alpha value is -1.39. The molecule has 1 unspecified atom stereocenters. The molecule has 0 fully saturated rings. The van der Waals surface area contributed by atoms with Crippen LogP contribution < -0.4 is 0 Å². The van der Waals surface area contributed by atoms with E-state index in [0.29, 0.717) is 19.4 Å². The van der Waals surface area contributed by atoms with E-state index in [0.717, 1.165) is 5.56 Å². The van der Waals surface area contributed by atoms with Crippen LogP contribution in [-0.2, 0) is 4.79 Å². The summed E-state index contributed by atoms with van der Waals surface area (Å²) in [7, 11) is 1.97. The van der Waals surface area contributed by atoms with Crippen molar-refractivity contribution in [1.82, 2.24) is 4.90 Å². The van der Waals surface area contributed by atoms with Gasteiger partial charge < -0.3 is 10.2 Å². The zero-order valence-electron chi connectivity index (χ0n) is 10.7. The normalized spacial score (nSPS) is 12.6. The van der Waals surface area contributed by atoms with Crippen LogP contribution in [0.3, 0.4) is 0 Å². The van der Waals surface area contributed by atoms with E-state index >= 15 is 0 Å². The van der Waals surface area contributed by atoms with Crippen molar-refractivity contribution in [2.45, 2.75) is 25.3 Å². The van der Waals surface area contributed by atoms with Gasteiger partial charge in [0.05, 0.1) is 0 Å². The second-order valence-electron chi connectivity index (χ2n) is 4.42. The van der Waals surface area contributed by atoms with Crippen molar-refractivity contribution >= 4 is 5.97 Å². The average Bonchev–Trinajstić information content (AvgIpc) is 2.36. The van der Waals surface area contributed by atoms with Gasteiger partial charge in [0.15, 0.2) is 0 Å². The summed E-state index contributed by atoms with van der Waals surface area (Å²) in [5.74, 6) is -0.762. The van der Waals surface area contributed by atoms with E-state index in [1.165, 1.54) is 0 Å². The molecule has 2 N–H and O–H groups in total. The summed E-state index contributed by atoms with van der Waals surface area (Å²) >= 11 is 0. The van der Waals surface area contributed by atoms with Crippen LogP contribution in [0.15, 0.2) is 30.3 Å². The molecule has 1 atom stereocenters. The van der Waals surface area contributed by atoms with E-state index in [1.807, 2.05) is 37.4 Å². The summed E-state index contributed by atoms with van der Waals surface area (Å²) in [6.45, 7) is 0.842. The predicted octanol–water partition coefficient (Wildman–Crippen LogP) is 1.91. The number of hydrogen-bond acceptors (Lipinski definition) is 3. The summed E-state index contributed by atoms with van der Waals surface area (Å²) in [6.07, 6.45) is 1.47. The van der Waals surface area contributed by atoms with Gasteiger partial charge in [-0.3, -0.25) is 9.69 Å². The molecule has 0 amide bonds. The molecule has 100 valence electrons. The molecular weight excluding hydrogens is 230 g/mol. The van der Waals surface area contributed by atoms with Crippen molar-refractivity contribution in [3.63, 3.8) is 0 Å². The number of carboxylic acids is 1. The molecule has 1 aromatic carbocycles. The molecule has 0 radical (unpaired) electrons. The highest BCUT2D eigenvalue weighted by Gasteiger charge is 2.16. The number of rotatable bonds is 8. The Balaban J connectivity index is 2.58. The third-order valence-electron chi connectivity index (χ3n) is 3.02. The third-order valence-corrected chi connectivity index (χ3v) is 3.02. The lowest BCUT2D eigenvalue weighted by molar-refractivity contribution is -0.137. The SMILES string of the molecule is CN(CCCC(=O)O)C(CCO)c1ccccc1. The van der Waals surface area contributed by atoms with Gasteiger partial charge in [0, 0.05) is 19.1 Å². The standard InChI is InChI=1S/C14H21NO3/c1-15(10-5-8-14(17)18)13(9-11-16)12-6-3-2-4-7-12/h2-4,6-7,13,16H,5,8-11H2,1H3,(H,17,18). The van der Waals surface area contributed by atoms with Gasteiger partial charge in [-0.1, -0.05) is 30.3 Å². The Kier molecular flexibility index (Phi) is 6.39. The third kappa shape index (κ3) is 4.85. The highest BCUT2D eigenvalue weighted by Crippen LogP contribution is 2.22. The number of nitrogens with zero attached hydrogens (tertiary/aromatic N) is 1. The minimum absolute atomic E-state index is 0.128. The molecular formula is C14H21NO3. The van der Waals surface area contributed by atoms with Crippen LogP contribution in [0.2, 0.25) is 0 Å². The fourth-order valence-corrected chi connectivity index (χ4v) is 2.07. The Morgan fingerprint density at radius 1 is 1.33 bits per heavy atom. The monoisotopic (exact) mass is 251 g/mol. The second kappa shape index (κ2) is 7.84. The molecule has 4 heteroatoms. The molecule has 0 bridgehead atoms. The number of aliphatic carboxylic acids is 1. The summed E-state index contributed by atoms with van der Waals surface area (Å²) in [5.41, 5.74) is 1.16. The largest absolute Gasteiger partial charge is 0.481 e. The smallest absolute Gasteiger partial charge is 0.303 e. The molecule has 0 saturated heterocycles. The zero-order chi connectivity index (χ0) is 13.4. The number of carboxylic acid groups (broad SMARTS) is 1. The summed E-state index contributed by atoms with van der Waals surface area (Å²) in [6, 6.07) is 10.1. The van der Waals surface area contributed by atoms with Crippen molar-refractivity contribution in [2.24, 2.45) is 0 Å². The Bertz CT molecular complexity index is 353. The minimum Gasteiger partial charge on any atom is -0.481 e. The van der Waals surface area contributed by atoms with Crippen LogP contribution in [0.25, 0.3) is 0 Å². The molecule has 0 aliphatic rings. The number of aliphatic hydroxyl groups is 1. The number of aliphatic hydroxyl groups excluding tert-OH is 1. The molecule has 0 aromatic heterocycles. The van der Waals surface area contributed by atoms with Crippen molar-refractivity contribution in [3.8, 4) is 0 Å². The number of benzene rings is 1. The maximum Gasteiger partial charge on any atom is 0.303 e. The summed E-state index contributed by atoms with van der Waals surface area (Å²) in [5, 5.41) is 17.8. The lowest BCUT2D eigenvalue weighted by atomic mass is 10.0. The first-order valence-corrected chi connectivity index (χ1v) is 6.23. The molecule has 0 heterocycles. The molecule has 18 heavy (non-hydrogen) atoms. The first-order chi connectivity index (χ1) is 8.65. The zero-order valence-corrected chi connectivity index (χ0v) is 10.7. The Morgan fingerprint density at radius 3 is 2.56 bits per heavy atom. The van der Waals surface area contributed by atoms with Crippen molar-refractivity contribution in [1.29, 1.82) is 0 Å². The minimum atomic E-state index is -0.762. The van der Waals surface area contributed by atoms with E-state index < -0.39 is 5.97 Å². The Labute approximate surface area is 108 Å². The van der Waals surface area contributed by atoms with E-state index in [-0.39, 0.29) is 19.1 Å². The molecule has 0 spiro atoms. The molecule has 4 nitrogen and oxygen atoms in total. The van der Waals surface area contributed by atoms with Crippen molar-refractivity contribution < 1.29 is 15.0 Å². The molecule has 0 aliphatic heterocycles. The highest BCUT2D eigenvalue weighted by molar-refractivity contribution is 5.66. The van der Waals surface area contributed by atoms with Gasteiger partial charge in [-0.05, 0) is 32.0 Å². The quantitative estimate of drug-likeness (QED) is 0.741. The van der Waals surface area contributed by atoms with Crippen LogP contribution in [0.4, 0.5) is 0 Å². The van der Waals surface area contributed by atoms with Gasteiger partial charge >= 0.3 is 5.97 Å². The van der Waals surface area contributed by atoms with Crippen LogP contribution in [-0.4, -0.2) is 41.3 Å². The molecule has 1 aromatic rings. The molecule has 1 rings (SSSR count). The number of hydrogen-bond donors (Lipinski definition) is 2. The van der Waals surface area contributed by atoms with Crippen LogP contribution in [0, 0.1) is 0 Å². The first kappa shape index (κ1) is 14.7. The van der Waals surface area contributed by atoms with Crippen molar-refractivity contribution in [3.05, 3.63) is 35.9 Å². The molecule has 0 saturated carbocycles. The van der Waals surface area contributed by atoms with Gasteiger partial charge in [0.25, 0.3) is 0 Å². The van der Waals surface area contributed by atoms with E-state index in [9.17, 15) is 4.79 Å². The average molecular weight is 251 g/mol. The number of carbonyl (C=O) groups is 1. The van der Waals surface area contributed by atoms with Crippen LogP contribution in [0.5, 0.6) is 0 Å².